The highest BCUT2D eigenvalue weighted by Gasteiger charge is 2.31. The number of nitrogens with zero attached hydrogens (tertiary/aromatic N) is 7. The van der Waals surface area contributed by atoms with Gasteiger partial charge in [0, 0.05) is 48.3 Å². The number of pyridine rings is 1. The van der Waals surface area contributed by atoms with Crippen molar-refractivity contribution in [3.63, 3.8) is 0 Å². The topological polar surface area (TPSA) is 142 Å². The number of nitrogens with one attached hydrogen (secondary N) is 1. The summed E-state index contributed by atoms with van der Waals surface area (Å²) in [5.41, 5.74) is 10.3. The molecule has 0 spiro atoms. The third-order valence-corrected chi connectivity index (χ3v) is 8.34. The molecule has 3 aromatic heterocycles. The SMILES string of the molecule is CN1CCC(c2cc(-c3ccc(NC(=O)/C(=C/N(C=O)C4CC4)C(=O)N(C)c4ccccn4)cc3)c3c(N)ncnn23)CC1. The van der Waals surface area contributed by atoms with Gasteiger partial charge in [-0.1, -0.05) is 18.2 Å². The number of rotatable bonds is 9. The maximum atomic E-state index is 13.5. The van der Waals surface area contributed by atoms with E-state index in [0.717, 1.165) is 61.1 Å². The predicted molar refractivity (Wildman–Crippen MR) is 168 cm³/mol. The van der Waals surface area contributed by atoms with Gasteiger partial charge in [-0.15, -0.1) is 0 Å². The van der Waals surface area contributed by atoms with Crippen LogP contribution in [0.4, 0.5) is 17.3 Å². The summed E-state index contributed by atoms with van der Waals surface area (Å²) in [6.45, 7) is 2.04. The summed E-state index contributed by atoms with van der Waals surface area (Å²) in [7, 11) is 3.68. The van der Waals surface area contributed by atoms with Crippen LogP contribution in [0.2, 0.25) is 0 Å². The van der Waals surface area contributed by atoms with E-state index < -0.39 is 11.8 Å². The molecule has 3 amide bonds. The molecule has 0 bridgehead atoms. The Labute approximate surface area is 255 Å². The van der Waals surface area contributed by atoms with E-state index in [0.29, 0.717) is 29.7 Å². The molecule has 1 aliphatic carbocycles. The third-order valence-electron chi connectivity index (χ3n) is 8.34. The number of anilines is 3. The van der Waals surface area contributed by atoms with Crippen molar-refractivity contribution in [2.24, 2.45) is 0 Å². The lowest BCUT2D eigenvalue weighted by Gasteiger charge is -2.28. The molecule has 44 heavy (non-hydrogen) atoms. The number of piperidine rings is 1. The minimum absolute atomic E-state index is 0.0180. The highest BCUT2D eigenvalue weighted by Crippen LogP contribution is 2.37. The van der Waals surface area contributed by atoms with Crippen LogP contribution < -0.4 is 16.0 Å². The number of carbonyl (C=O) groups excluding carboxylic acids is 3. The first-order chi connectivity index (χ1) is 21.3. The van der Waals surface area contributed by atoms with E-state index >= 15 is 0 Å². The number of nitrogens with two attached hydrogens (primary N) is 1. The molecule has 1 aliphatic heterocycles. The van der Waals surface area contributed by atoms with Crippen LogP contribution in [0.15, 0.2) is 72.8 Å². The van der Waals surface area contributed by atoms with E-state index in [1.165, 1.54) is 22.3 Å². The number of aromatic nitrogens is 4. The van der Waals surface area contributed by atoms with Gasteiger partial charge < -0.3 is 20.9 Å². The van der Waals surface area contributed by atoms with Gasteiger partial charge in [0.1, 0.15) is 23.2 Å². The second kappa shape index (κ2) is 12.3. The highest BCUT2D eigenvalue weighted by atomic mass is 16.2. The van der Waals surface area contributed by atoms with Crippen LogP contribution in [0.3, 0.4) is 0 Å². The van der Waals surface area contributed by atoms with Crippen molar-refractivity contribution in [3.05, 3.63) is 78.5 Å². The molecule has 0 atom stereocenters. The highest BCUT2D eigenvalue weighted by molar-refractivity contribution is 6.26. The molecular weight excluding hydrogens is 558 g/mol. The van der Waals surface area contributed by atoms with E-state index in [-0.39, 0.29) is 11.6 Å². The molecule has 12 heteroatoms. The molecule has 6 rings (SSSR count). The summed E-state index contributed by atoms with van der Waals surface area (Å²) in [4.78, 5) is 52.3. The van der Waals surface area contributed by atoms with Crippen molar-refractivity contribution in [3.8, 4) is 11.1 Å². The van der Waals surface area contributed by atoms with E-state index in [9.17, 15) is 14.4 Å². The minimum atomic E-state index is -0.630. The number of fused-ring (bicyclic) bond motifs is 1. The summed E-state index contributed by atoms with van der Waals surface area (Å²) < 4.78 is 1.91. The van der Waals surface area contributed by atoms with E-state index in [4.69, 9.17) is 5.73 Å². The fourth-order valence-electron chi connectivity index (χ4n) is 5.63. The Bertz CT molecular complexity index is 1710. The summed E-state index contributed by atoms with van der Waals surface area (Å²) >= 11 is 0. The monoisotopic (exact) mass is 593 g/mol. The second-order valence-corrected chi connectivity index (χ2v) is 11.4. The molecule has 12 nitrogen and oxygen atoms in total. The van der Waals surface area contributed by atoms with Crippen LogP contribution in [0.5, 0.6) is 0 Å². The lowest BCUT2D eigenvalue weighted by Crippen LogP contribution is -2.35. The van der Waals surface area contributed by atoms with Crippen molar-refractivity contribution in [2.75, 3.05) is 43.1 Å². The van der Waals surface area contributed by atoms with Gasteiger partial charge in [0.05, 0.1) is 0 Å². The molecule has 2 fully saturated rings. The van der Waals surface area contributed by atoms with Gasteiger partial charge in [0.15, 0.2) is 5.82 Å². The zero-order chi connectivity index (χ0) is 30.8. The summed E-state index contributed by atoms with van der Waals surface area (Å²) in [5, 5.41) is 7.37. The average Bonchev–Trinajstić information content (AvgIpc) is 3.82. The Kier molecular flexibility index (Phi) is 8.07. The van der Waals surface area contributed by atoms with Crippen LogP contribution in [-0.2, 0) is 14.4 Å². The quantitative estimate of drug-likeness (QED) is 0.130. The fourth-order valence-corrected chi connectivity index (χ4v) is 5.63. The number of carbonyl (C=O) groups is 3. The number of hydrogen-bond donors (Lipinski definition) is 2. The molecule has 1 saturated heterocycles. The molecule has 0 unspecified atom stereocenters. The molecule has 1 saturated carbocycles. The Hall–Kier alpha value is -5.10. The van der Waals surface area contributed by atoms with Gasteiger partial charge >= 0.3 is 0 Å². The van der Waals surface area contributed by atoms with Crippen LogP contribution in [-0.4, -0.2) is 80.8 Å². The Morgan fingerprint density at radius 2 is 1.80 bits per heavy atom. The van der Waals surface area contributed by atoms with Gasteiger partial charge in [0.25, 0.3) is 11.8 Å². The lowest BCUT2D eigenvalue weighted by atomic mass is 9.93. The van der Waals surface area contributed by atoms with Crippen LogP contribution in [0.25, 0.3) is 16.6 Å². The number of likely N-dealkylation sites (N-methyl/N-ethyl adjacent to an activating group) is 1. The van der Waals surface area contributed by atoms with Crippen molar-refractivity contribution in [1.29, 1.82) is 0 Å². The van der Waals surface area contributed by atoms with Crippen molar-refractivity contribution < 1.29 is 14.4 Å². The Morgan fingerprint density at radius 1 is 1.05 bits per heavy atom. The van der Waals surface area contributed by atoms with E-state index in [1.807, 2.05) is 16.6 Å². The van der Waals surface area contributed by atoms with Gasteiger partial charge in [-0.05, 0) is 81.7 Å². The average molecular weight is 594 g/mol. The van der Waals surface area contributed by atoms with Gasteiger partial charge in [0.2, 0.25) is 6.41 Å². The zero-order valence-electron chi connectivity index (χ0n) is 24.8. The minimum Gasteiger partial charge on any atom is -0.382 e. The largest absolute Gasteiger partial charge is 0.382 e. The number of amides is 3. The maximum absolute atomic E-state index is 13.5. The second-order valence-electron chi connectivity index (χ2n) is 11.4. The number of hydrogen-bond acceptors (Lipinski definition) is 8. The standard InChI is InChI=1S/C32H35N9O3/c1-38-15-12-22(13-16-38)27-17-25(29-30(33)35-19-36-41(27)29)21-6-8-23(9-7-21)37-31(43)26(18-40(20-42)24-10-11-24)32(44)39(2)28-5-3-4-14-34-28/h3-9,14,17-20,22,24H,10-13,15-16H2,1-2H3,(H,37,43)(H2,33,35,36)/b26-18-. The first-order valence-electron chi connectivity index (χ1n) is 14.7. The number of benzene rings is 1. The van der Waals surface area contributed by atoms with Crippen LogP contribution >= 0.6 is 0 Å². The normalized spacial score (nSPS) is 16.1. The first-order valence-corrected chi connectivity index (χ1v) is 14.7. The molecular formula is C32H35N9O3. The number of likely N-dealkylation sites (tertiary alicyclic amines) is 1. The summed E-state index contributed by atoms with van der Waals surface area (Å²) in [6, 6.07) is 14.6. The van der Waals surface area contributed by atoms with E-state index in [2.05, 4.69) is 38.4 Å². The lowest BCUT2D eigenvalue weighted by molar-refractivity contribution is -0.119. The molecule has 1 aromatic carbocycles. The summed E-state index contributed by atoms with van der Waals surface area (Å²) in [6.07, 6.45) is 8.72. The van der Waals surface area contributed by atoms with Crippen LogP contribution in [0, 0.1) is 0 Å². The molecule has 4 aromatic rings. The Balaban J connectivity index is 1.27. The summed E-state index contributed by atoms with van der Waals surface area (Å²) in [5.74, 6) is -0.0783. The van der Waals surface area contributed by atoms with Gasteiger partial charge in [-0.3, -0.25) is 19.3 Å². The maximum Gasteiger partial charge on any atom is 0.266 e. The molecule has 226 valence electrons. The zero-order valence-corrected chi connectivity index (χ0v) is 24.8. The van der Waals surface area contributed by atoms with Crippen LogP contribution in [0.1, 0.15) is 37.3 Å². The Morgan fingerprint density at radius 3 is 2.45 bits per heavy atom. The number of nitrogen functional groups attached to an aromatic ring is 1. The van der Waals surface area contributed by atoms with E-state index in [1.54, 1.807) is 43.6 Å². The van der Waals surface area contributed by atoms with Gasteiger partial charge in [-0.2, -0.15) is 5.10 Å². The molecule has 2 aliphatic rings. The predicted octanol–water partition coefficient (Wildman–Crippen LogP) is 3.29. The van der Waals surface area contributed by atoms with Crippen molar-refractivity contribution in [2.45, 2.75) is 37.6 Å². The third kappa shape index (κ3) is 5.88. The smallest absolute Gasteiger partial charge is 0.266 e. The fraction of sp³-hybridized carbons (Fsp3) is 0.312. The molecule has 0 radical (unpaired) electrons. The molecule has 4 heterocycles. The van der Waals surface area contributed by atoms with Crippen molar-refractivity contribution >= 4 is 41.1 Å². The van der Waals surface area contributed by atoms with Crippen molar-refractivity contribution in [1.82, 2.24) is 29.4 Å². The van der Waals surface area contributed by atoms with Gasteiger partial charge in [-0.25, -0.2) is 14.5 Å². The molecule has 3 N–H and O–H groups in total. The first kappa shape index (κ1) is 29.0.